The van der Waals surface area contributed by atoms with E-state index >= 15 is 0 Å². The smallest absolute Gasteiger partial charge is 0.328 e. The second-order valence-electron chi connectivity index (χ2n) is 6.72. The lowest BCUT2D eigenvalue weighted by atomic mass is 10.0. The number of benzene rings is 1. The molecule has 2 aromatic rings. The second kappa shape index (κ2) is 9.68. The Kier molecular flexibility index (Phi) is 7.31. The monoisotopic (exact) mass is 387 g/mol. The standard InChI is InChI=1S/C20H25N3O5/c1-13(2)11-17(20(26)28-4)21-18(24)12-23-19(25)10-9-16(22-23)14-5-7-15(27-3)8-6-14/h5-10,13,17H,11-12H2,1-4H3,(H,21,24)/t17-/m1/s1. The highest BCUT2D eigenvalue weighted by Crippen LogP contribution is 2.19. The topological polar surface area (TPSA) is 99.5 Å². The summed E-state index contributed by atoms with van der Waals surface area (Å²) in [7, 11) is 2.85. The number of ether oxygens (including phenoxy) is 2. The molecule has 0 aliphatic carbocycles. The molecule has 0 bridgehead atoms. The molecule has 0 saturated heterocycles. The van der Waals surface area contributed by atoms with Gasteiger partial charge in [-0.3, -0.25) is 9.59 Å². The van der Waals surface area contributed by atoms with Crippen LogP contribution in [0.4, 0.5) is 0 Å². The van der Waals surface area contributed by atoms with Gasteiger partial charge in [0.05, 0.1) is 19.9 Å². The van der Waals surface area contributed by atoms with Crippen LogP contribution in [0.2, 0.25) is 0 Å². The number of nitrogens with zero attached hydrogens (tertiary/aromatic N) is 2. The Morgan fingerprint density at radius 1 is 1.11 bits per heavy atom. The molecule has 8 heteroatoms. The number of carbonyl (C=O) groups excluding carboxylic acids is 2. The Balaban J connectivity index is 2.16. The van der Waals surface area contributed by atoms with Gasteiger partial charge in [-0.1, -0.05) is 13.8 Å². The number of nitrogens with one attached hydrogen (secondary N) is 1. The van der Waals surface area contributed by atoms with E-state index in [1.54, 1.807) is 25.3 Å². The first-order valence-corrected chi connectivity index (χ1v) is 8.93. The minimum atomic E-state index is -0.766. The molecule has 1 amide bonds. The molecule has 1 aromatic carbocycles. The van der Waals surface area contributed by atoms with E-state index < -0.39 is 23.5 Å². The fourth-order valence-corrected chi connectivity index (χ4v) is 2.68. The van der Waals surface area contributed by atoms with Crippen molar-refractivity contribution in [2.24, 2.45) is 5.92 Å². The van der Waals surface area contributed by atoms with Crippen molar-refractivity contribution >= 4 is 11.9 Å². The molecule has 1 heterocycles. The molecule has 0 saturated carbocycles. The van der Waals surface area contributed by atoms with Crippen molar-refractivity contribution < 1.29 is 19.1 Å². The highest BCUT2D eigenvalue weighted by atomic mass is 16.5. The lowest BCUT2D eigenvalue weighted by molar-refractivity contribution is -0.145. The first-order chi connectivity index (χ1) is 13.3. The number of hydrogen-bond donors (Lipinski definition) is 1. The number of hydrogen-bond acceptors (Lipinski definition) is 6. The predicted octanol–water partition coefficient (Wildman–Crippen LogP) is 1.62. The predicted molar refractivity (Wildman–Crippen MR) is 104 cm³/mol. The number of carbonyl (C=O) groups is 2. The molecule has 0 aliphatic heterocycles. The molecule has 0 spiro atoms. The zero-order chi connectivity index (χ0) is 20.7. The molecular formula is C20H25N3O5. The summed E-state index contributed by atoms with van der Waals surface area (Å²) in [4.78, 5) is 36.3. The van der Waals surface area contributed by atoms with E-state index in [1.807, 2.05) is 26.0 Å². The van der Waals surface area contributed by atoms with Gasteiger partial charge in [0, 0.05) is 11.6 Å². The zero-order valence-electron chi connectivity index (χ0n) is 16.5. The van der Waals surface area contributed by atoms with Crippen LogP contribution < -0.4 is 15.6 Å². The lowest BCUT2D eigenvalue weighted by Crippen LogP contribution is -2.44. The minimum absolute atomic E-state index is 0.184. The van der Waals surface area contributed by atoms with Crippen LogP contribution in [-0.4, -0.2) is 41.9 Å². The second-order valence-corrected chi connectivity index (χ2v) is 6.72. The number of esters is 1. The third kappa shape index (κ3) is 5.67. The van der Waals surface area contributed by atoms with Crippen LogP contribution >= 0.6 is 0 Å². The fraction of sp³-hybridized carbons (Fsp3) is 0.400. The summed E-state index contributed by atoms with van der Waals surface area (Å²) in [5.41, 5.74) is 0.912. The molecule has 1 atom stereocenters. The van der Waals surface area contributed by atoms with Gasteiger partial charge in [0.15, 0.2) is 0 Å². The molecule has 8 nitrogen and oxygen atoms in total. The molecule has 150 valence electrons. The van der Waals surface area contributed by atoms with E-state index in [1.165, 1.54) is 13.2 Å². The molecule has 2 rings (SSSR count). The average Bonchev–Trinajstić information content (AvgIpc) is 2.68. The molecule has 1 aromatic heterocycles. The number of amides is 1. The van der Waals surface area contributed by atoms with Gasteiger partial charge in [-0.05, 0) is 42.7 Å². The van der Waals surface area contributed by atoms with Crippen molar-refractivity contribution in [2.75, 3.05) is 14.2 Å². The van der Waals surface area contributed by atoms with E-state index in [2.05, 4.69) is 10.4 Å². The molecular weight excluding hydrogens is 362 g/mol. The minimum Gasteiger partial charge on any atom is -0.497 e. The Labute approximate surface area is 163 Å². The molecule has 0 aliphatic rings. The Morgan fingerprint density at radius 2 is 1.79 bits per heavy atom. The van der Waals surface area contributed by atoms with Crippen molar-refractivity contribution in [2.45, 2.75) is 32.9 Å². The molecule has 1 N–H and O–H groups in total. The summed E-state index contributed by atoms with van der Waals surface area (Å²) in [5, 5.41) is 6.88. The average molecular weight is 387 g/mol. The van der Waals surface area contributed by atoms with E-state index in [9.17, 15) is 14.4 Å². The van der Waals surface area contributed by atoms with Gasteiger partial charge in [-0.2, -0.15) is 5.10 Å². The van der Waals surface area contributed by atoms with Crippen LogP contribution in [-0.2, 0) is 20.9 Å². The summed E-state index contributed by atoms with van der Waals surface area (Å²) in [6, 6.07) is 9.37. The Bertz CT molecular complexity index is 874. The van der Waals surface area contributed by atoms with E-state index in [4.69, 9.17) is 9.47 Å². The highest BCUT2D eigenvalue weighted by molar-refractivity contribution is 5.84. The summed E-state index contributed by atoms with van der Waals surface area (Å²) >= 11 is 0. The van der Waals surface area contributed by atoms with Gasteiger partial charge in [0.2, 0.25) is 5.91 Å². The number of methoxy groups -OCH3 is 2. The Morgan fingerprint density at radius 3 is 2.36 bits per heavy atom. The third-order valence-electron chi connectivity index (χ3n) is 4.07. The normalized spacial score (nSPS) is 11.8. The highest BCUT2D eigenvalue weighted by Gasteiger charge is 2.23. The summed E-state index contributed by atoms with van der Waals surface area (Å²) < 4.78 is 10.9. The van der Waals surface area contributed by atoms with Gasteiger partial charge in [0.1, 0.15) is 18.3 Å². The van der Waals surface area contributed by atoms with Gasteiger partial charge in [-0.15, -0.1) is 0 Å². The summed E-state index contributed by atoms with van der Waals surface area (Å²) in [6.07, 6.45) is 0.437. The number of aromatic nitrogens is 2. The van der Waals surface area contributed by atoms with E-state index in [-0.39, 0.29) is 12.5 Å². The largest absolute Gasteiger partial charge is 0.497 e. The zero-order valence-corrected chi connectivity index (χ0v) is 16.5. The van der Waals surface area contributed by atoms with Crippen molar-refractivity contribution in [3.05, 3.63) is 46.8 Å². The third-order valence-corrected chi connectivity index (χ3v) is 4.07. The van der Waals surface area contributed by atoms with Crippen LogP contribution in [0, 0.1) is 5.92 Å². The molecule has 0 unspecified atom stereocenters. The lowest BCUT2D eigenvalue weighted by Gasteiger charge is -2.18. The van der Waals surface area contributed by atoms with Gasteiger partial charge in [-0.25, -0.2) is 9.48 Å². The van der Waals surface area contributed by atoms with E-state index in [0.29, 0.717) is 17.9 Å². The first kappa shape index (κ1) is 21.1. The van der Waals surface area contributed by atoms with Crippen LogP contribution in [0.1, 0.15) is 20.3 Å². The molecule has 28 heavy (non-hydrogen) atoms. The Hall–Kier alpha value is -3.16. The van der Waals surface area contributed by atoms with Crippen LogP contribution in [0.15, 0.2) is 41.2 Å². The SMILES string of the molecule is COC(=O)[C@@H](CC(C)C)NC(=O)Cn1nc(-c2ccc(OC)cc2)ccc1=O. The van der Waals surface area contributed by atoms with Crippen molar-refractivity contribution in [3.63, 3.8) is 0 Å². The van der Waals surface area contributed by atoms with Crippen molar-refractivity contribution in [3.8, 4) is 17.0 Å². The van der Waals surface area contributed by atoms with Gasteiger partial charge < -0.3 is 14.8 Å². The van der Waals surface area contributed by atoms with Crippen LogP contribution in [0.3, 0.4) is 0 Å². The quantitative estimate of drug-likeness (QED) is 0.691. The maximum Gasteiger partial charge on any atom is 0.328 e. The fourth-order valence-electron chi connectivity index (χ4n) is 2.68. The first-order valence-electron chi connectivity index (χ1n) is 8.93. The maximum absolute atomic E-state index is 12.4. The number of rotatable bonds is 8. The van der Waals surface area contributed by atoms with Gasteiger partial charge >= 0.3 is 5.97 Å². The molecule has 0 radical (unpaired) electrons. The van der Waals surface area contributed by atoms with Crippen molar-refractivity contribution in [1.29, 1.82) is 0 Å². The van der Waals surface area contributed by atoms with Crippen LogP contribution in [0.5, 0.6) is 5.75 Å². The summed E-state index contributed by atoms with van der Waals surface area (Å²) in [5.74, 6) is -0.119. The van der Waals surface area contributed by atoms with Crippen LogP contribution in [0.25, 0.3) is 11.3 Å². The van der Waals surface area contributed by atoms with Crippen molar-refractivity contribution in [1.82, 2.24) is 15.1 Å². The maximum atomic E-state index is 12.4. The summed E-state index contributed by atoms with van der Waals surface area (Å²) in [6.45, 7) is 3.58. The van der Waals surface area contributed by atoms with E-state index in [0.717, 1.165) is 10.2 Å². The molecule has 0 fully saturated rings. The van der Waals surface area contributed by atoms with Gasteiger partial charge in [0.25, 0.3) is 5.56 Å².